The highest BCUT2D eigenvalue weighted by Crippen LogP contribution is 2.35. The largest absolute Gasteiger partial charge is 0.353 e. The van der Waals surface area contributed by atoms with Gasteiger partial charge in [0.1, 0.15) is 0 Å². The van der Waals surface area contributed by atoms with Crippen molar-refractivity contribution in [3.8, 4) is 0 Å². The first-order valence-corrected chi connectivity index (χ1v) is 7.17. The van der Waals surface area contributed by atoms with Gasteiger partial charge < -0.3 is 5.32 Å². The van der Waals surface area contributed by atoms with Crippen molar-refractivity contribution in [3.05, 3.63) is 35.9 Å². The van der Waals surface area contributed by atoms with E-state index in [1.165, 1.54) is 24.8 Å². The minimum absolute atomic E-state index is 0.300. The highest BCUT2D eigenvalue weighted by atomic mass is 16.2. The van der Waals surface area contributed by atoms with Crippen LogP contribution in [0, 0.1) is 11.8 Å². The quantitative estimate of drug-likeness (QED) is 0.846. The van der Waals surface area contributed by atoms with E-state index in [0.29, 0.717) is 23.8 Å². The van der Waals surface area contributed by atoms with Gasteiger partial charge in [0.05, 0.1) is 0 Å². The fourth-order valence-corrected chi connectivity index (χ4v) is 2.67. The first-order valence-electron chi connectivity index (χ1n) is 7.17. The fraction of sp³-hybridized carbons (Fsp3) is 0.562. The molecule has 3 rings (SSSR count). The van der Waals surface area contributed by atoms with Crippen LogP contribution in [0.15, 0.2) is 30.3 Å². The predicted octanol–water partition coefficient (Wildman–Crippen LogP) is 2.92. The molecule has 2 aliphatic carbocycles. The van der Waals surface area contributed by atoms with Gasteiger partial charge in [0.25, 0.3) is 0 Å². The SMILES string of the molecule is O=C(NC(Cc1ccccc1)C1CC1)C1CCC1. The Labute approximate surface area is 109 Å². The number of hydrogen-bond donors (Lipinski definition) is 1. The minimum Gasteiger partial charge on any atom is -0.353 e. The van der Waals surface area contributed by atoms with Crippen LogP contribution in [0.25, 0.3) is 0 Å². The van der Waals surface area contributed by atoms with Crippen LogP contribution in [0.3, 0.4) is 0 Å². The smallest absolute Gasteiger partial charge is 0.223 e. The molecule has 1 unspecified atom stereocenters. The summed E-state index contributed by atoms with van der Waals surface area (Å²) < 4.78 is 0. The molecule has 1 N–H and O–H groups in total. The van der Waals surface area contributed by atoms with Crippen LogP contribution < -0.4 is 5.32 Å². The Morgan fingerprint density at radius 1 is 1.17 bits per heavy atom. The molecule has 1 aromatic rings. The van der Waals surface area contributed by atoms with E-state index in [9.17, 15) is 4.79 Å². The van der Waals surface area contributed by atoms with E-state index in [1.807, 2.05) is 6.07 Å². The fourth-order valence-electron chi connectivity index (χ4n) is 2.67. The van der Waals surface area contributed by atoms with E-state index in [0.717, 1.165) is 19.3 Å². The van der Waals surface area contributed by atoms with Gasteiger partial charge in [-0.15, -0.1) is 0 Å². The maximum Gasteiger partial charge on any atom is 0.223 e. The Hall–Kier alpha value is -1.31. The zero-order chi connectivity index (χ0) is 12.4. The summed E-state index contributed by atoms with van der Waals surface area (Å²) in [5.41, 5.74) is 1.34. The Morgan fingerprint density at radius 2 is 1.89 bits per heavy atom. The van der Waals surface area contributed by atoms with E-state index in [-0.39, 0.29) is 0 Å². The molecular formula is C16H21NO. The monoisotopic (exact) mass is 243 g/mol. The Bertz CT molecular complexity index is 406. The van der Waals surface area contributed by atoms with Crippen LogP contribution in [0.4, 0.5) is 0 Å². The molecule has 18 heavy (non-hydrogen) atoms. The number of hydrogen-bond acceptors (Lipinski definition) is 1. The van der Waals surface area contributed by atoms with Gasteiger partial charge in [-0.25, -0.2) is 0 Å². The summed E-state index contributed by atoms with van der Waals surface area (Å²) in [5.74, 6) is 1.32. The van der Waals surface area contributed by atoms with Crippen LogP contribution >= 0.6 is 0 Å². The summed E-state index contributed by atoms with van der Waals surface area (Å²) in [4.78, 5) is 12.0. The Balaban J connectivity index is 1.59. The Morgan fingerprint density at radius 3 is 2.44 bits per heavy atom. The van der Waals surface area contributed by atoms with Crippen molar-refractivity contribution < 1.29 is 4.79 Å². The van der Waals surface area contributed by atoms with Gasteiger partial charge in [-0.3, -0.25) is 4.79 Å². The minimum atomic E-state index is 0.300. The second-order valence-electron chi connectivity index (χ2n) is 5.77. The molecule has 1 atom stereocenters. The van der Waals surface area contributed by atoms with Crippen molar-refractivity contribution in [1.29, 1.82) is 0 Å². The summed E-state index contributed by atoms with van der Waals surface area (Å²) >= 11 is 0. The molecule has 2 fully saturated rings. The lowest BCUT2D eigenvalue weighted by Crippen LogP contribution is -2.43. The molecule has 0 saturated heterocycles. The zero-order valence-electron chi connectivity index (χ0n) is 10.8. The van der Waals surface area contributed by atoms with E-state index < -0.39 is 0 Å². The molecule has 96 valence electrons. The van der Waals surface area contributed by atoms with Gasteiger partial charge >= 0.3 is 0 Å². The van der Waals surface area contributed by atoms with E-state index in [1.54, 1.807) is 0 Å². The summed E-state index contributed by atoms with van der Waals surface area (Å²) in [6.07, 6.45) is 6.96. The molecule has 0 bridgehead atoms. The average molecular weight is 243 g/mol. The normalized spacial score (nSPS) is 21.1. The molecule has 0 aliphatic heterocycles. The van der Waals surface area contributed by atoms with Gasteiger partial charge in [-0.05, 0) is 43.6 Å². The van der Waals surface area contributed by atoms with Crippen LogP contribution in [0.1, 0.15) is 37.7 Å². The first kappa shape index (κ1) is 11.8. The standard InChI is InChI=1S/C16H21NO/c18-16(14-7-4-8-14)17-15(13-9-10-13)11-12-5-2-1-3-6-12/h1-3,5-6,13-15H,4,7-11H2,(H,17,18). The molecule has 2 nitrogen and oxygen atoms in total. The number of benzene rings is 1. The van der Waals surface area contributed by atoms with Crippen molar-refractivity contribution in [3.63, 3.8) is 0 Å². The van der Waals surface area contributed by atoms with Gasteiger partial charge in [0.15, 0.2) is 0 Å². The molecule has 2 aliphatic rings. The maximum absolute atomic E-state index is 12.0. The predicted molar refractivity (Wildman–Crippen MR) is 72.1 cm³/mol. The lowest BCUT2D eigenvalue weighted by molar-refractivity contribution is -0.128. The summed E-state index contributed by atoms with van der Waals surface area (Å²) in [6.45, 7) is 0. The van der Waals surface area contributed by atoms with Crippen molar-refractivity contribution in [1.82, 2.24) is 5.32 Å². The van der Waals surface area contributed by atoms with E-state index >= 15 is 0 Å². The number of nitrogens with one attached hydrogen (secondary N) is 1. The molecular weight excluding hydrogens is 222 g/mol. The third-order valence-corrected chi connectivity index (χ3v) is 4.29. The average Bonchev–Trinajstić information content (AvgIpc) is 3.11. The first-order chi connectivity index (χ1) is 8.83. The topological polar surface area (TPSA) is 29.1 Å². The van der Waals surface area contributed by atoms with Crippen LogP contribution in [0.5, 0.6) is 0 Å². The molecule has 0 aromatic heterocycles. The number of amides is 1. The third kappa shape index (κ3) is 2.74. The van der Waals surface area contributed by atoms with Gasteiger partial charge in [-0.1, -0.05) is 36.8 Å². The van der Waals surface area contributed by atoms with Crippen molar-refractivity contribution >= 4 is 5.91 Å². The maximum atomic E-state index is 12.0. The number of carbonyl (C=O) groups is 1. The molecule has 0 radical (unpaired) electrons. The molecule has 1 aromatic carbocycles. The lowest BCUT2D eigenvalue weighted by atomic mass is 9.84. The van der Waals surface area contributed by atoms with Gasteiger partial charge in [0, 0.05) is 12.0 Å². The van der Waals surface area contributed by atoms with Crippen molar-refractivity contribution in [2.75, 3.05) is 0 Å². The van der Waals surface area contributed by atoms with Gasteiger partial charge in [0.2, 0.25) is 5.91 Å². The third-order valence-electron chi connectivity index (χ3n) is 4.29. The summed E-state index contributed by atoms with van der Waals surface area (Å²) in [7, 11) is 0. The molecule has 1 amide bonds. The zero-order valence-corrected chi connectivity index (χ0v) is 10.8. The summed E-state index contributed by atoms with van der Waals surface area (Å²) in [5, 5.41) is 3.29. The van der Waals surface area contributed by atoms with Crippen LogP contribution in [-0.4, -0.2) is 11.9 Å². The van der Waals surface area contributed by atoms with E-state index in [2.05, 4.69) is 29.6 Å². The lowest BCUT2D eigenvalue weighted by Gasteiger charge is -2.27. The number of rotatable bonds is 5. The molecule has 2 saturated carbocycles. The Kier molecular flexibility index (Phi) is 3.35. The van der Waals surface area contributed by atoms with E-state index in [4.69, 9.17) is 0 Å². The molecule has 2 heteroatoms. The highest BCUT2D eigenvalue weighted by molar-refractivity contribution is 5.79. The second-order valence-corrected chi connectivity index (χ2v) is 5.77. The van der Waals surface area contributed by atoms with Crippen LogP contribution in [-0.2, 0) is 11.2 Å². The molecule has 0 spiro atoms. The van der Waals surface area contributed by atoms with Gasteiger partial charge in [-0.2, -0.15) is 0 Å². The summed E-state index contributed by atoms with van der Waals surface area (Å²) in [6, 6.07) is 10.9. The van der Waals surface area contributed by atoms with Crippen LogP contribution in [0.2, 0.25) is 0 Å². The van der Waals surface area contributed by atoms with Crippen molar-refractivity contribution in [2.24, 2.45) is 11.8 Å². The number of carbonyl (C=O) groups excluding carboxylic acids is 1. The second kappa shape index (κ2) is 5.13. The van der Waals surface area contributed by atoms with Crippen molar-refractivity contribution in [2.45, 2.75) is 44.6 Å². The highest BCUT2D eigenvalue weighted by Gasteiger charge is 2.34. The molecule has 0 heterocycles.